The number of nitrogens with one attached hydrogen (secondary N) is 1. The van der Waals surface area contributed by atoms with E-state index in [9.17, 15) is 0 Å². The van der Waals surface area contributed by atoms with E-state index in [1.54, 1.807) is 7.11 Å². The monoisotopic (exact) mass is 351 g/mol. The van der Waals surface area contributed by atoms with Crippen LogP contribution in [-0.4, -0.2) is 26.6 Å². The molecule has 0 radical (unpaired) electrons. The molecule has 0 bridgehead atoms. The maximum Gasteiger partial charge on any atom is 0.214 e. The Hall–Kier alpha value is -3.06. The van der Waals surface area contributed by atoms with Gasteiger partial charge >= 0.3 is 0 Å². The number of nitrogens with zero attached hydrogens (tertiary/aromatic N) is 3. The number of aromatic nitrogens is 4. The highest BCUT2D eigenvalue weighted by Gasteiger charge is 2.21. The minimum Gasteiger partial charge on any atom is -0.497 e. The number of hydrogen-bond donors (Lipinski definition) is 2. The summed E-state index contributed by atoms with van der Waals surface area (Å²) in [6.07, 6.45) is 0. The topological polar surface area (TPSA) is 73.8 Å². The Morgan fingerprint density at radius 1 is 1.16 bits per heavy atom. The largest absolute Gasteiger partial charge is 0.497 e. The van der Waals surface area contributed by atoms with Gasteiger partial charge in [0.1, 0.15) is 5.75 Å². The zero-order chi connectivity index (χ0) is 17.6. The Kier molecular flexibility index (Phi) is 3.58. The van der Waals surface area contributed by atoms with Gasteiger partial charge in [0.05, 0.1) is 18.2 Å². The molecule has 2 heterocycles. The molecule has 7 heteroatoms. The molecule has 6 nitrogen and oxygen atoms in total. The molecule has 0 fully saturated rings. The molecule has 4 rings (SSSR count). The van der Waals surface area contributed by atoms with Crippen molar-refractivity contribution in [3.8, 4) is 22.8 Å². The Morgan fingerprint density at radius 2 is 1.92 bits per heavy atom. The van der Waals surface area contributed by atoms with Gasteiger partial charge in [-0.05, 0) is 49.5 Å². The van der Waals surface area contributed by atoms with E-state index in [0.717, 1.165) is 33.6 Å². The number of hydrogen-bond acceptors (Lipinski definition) is 4. The van der Waals surface area contributed by atoms with E-state index in [-0.39, 0.29) is 0 Å². The molecule has 0 aliphatic heterocycles. The maximum absolute atomic E-state index is 6.09. The zero-order valence-electron chi connectivity index (χ0n) is 13.9. The van der Waals surface area contributed by atoms with Crippen molar-refractivity contribution >= 4 is 23.1 Å². The van der Waals surface area contributed by atoms with Crippen LogP contribution in [-0.2, 0) is 0 Å². The van der Waals surface area contributed by atoms with Crippen molar-refractivity contribution in [1.82, 2.24) is 19.4 Å². The average Bonchev–Trinajstić information content (AvgIpc) is 3.11. The van der Waals surface area contributed by atoms with E-state index in [4.69, 9.17) is 22.8 Å². The fourth-order valence-corrected chi connectivity index (χ4v) is 3.33. The number of H-pyrrole nitrogens is 1. The highest BCUT2D eigenvalue weighted by atomic mass is 32.1. The summed E-state index contributed by atoms with van der Waals surface area (Å²) in [5, 5.41) is 8.08. The number of fused-ring (bicyclic) bond motifs is 1. The van der Waals surface area contributed by atoms with Gasteiger partial charge in [-0.3, -0.25) is 0 Å². The molecule has 0 aliphatic carbocycles. The second-order valence-electron chi connectivity index (χ2n) is 5.74. The summed E-state index contributed by atoms with van der Waals surface area (Å²) in [4.78, 5) is 0. The van der Waals surface area contributed by atoms with Crippen molar-refractivity contribution in [2.24, 2.45) is 0 Å². The van der Waals surface area contributed by atoms with Crippen molar-refractivity contribution < 1.29 is 4.74 Å². The lowest BCUT2D eigenvalue weighted by Crippen LogP contribution is -2.10. The second kappa shape index (κ2) is 5.78. The first-order valence-corrected chi connectivity index (χ1v) is 8.20. The average molecular weight is 351 g/mol. The third kappa shape index (κ3) is 2.32. The molecule has 0 saturated carbocycles. The quantitative estimate of drug-likeness (QED) is 0.437. The van der Waals surface area contributed by atoms with Gasteiger partial charge in [0.15, 0.2) is 5.82 Å². The van der Waals surface area contributed by atoms with E-state index in [1.807, 2.05) is 43.3 Å². The van der Waals surface area contributed by atoms with Crippen LogP contribution >= 0.6 is 12.2 Å². The van der Waals surface area contributed by atoms with Crippen LogP contribution in [0.1, 0.15) is 5.69 Å². The lowest BCUT2D eigenvalue weighted by atomic mass is 10.1. The van der Waals surface area contributed by atoms with E-state index in [2.05, 4.69) is 26.9 Å². The minimum absolute atomic E-state index is 0.373. The molecule has 0 spiro atoms. The number of benzene rings is 2. The second-order valence-corrected chi connectivity index (χ2v) is 6.12. The summed E-state index contributed by atoms with van der Waals surface area (Å²) in [7, 11) is 1.65. The van der Waals surface area contributed by atoms with Crippen LogP contribution in [0.5, 0.6) is 5.75 Å². The van der Waals surface area contributed by atoms with Gasteiger partial charge in [0, 0.05) is 16.8 Å². The number of methoxy groups -OCH3 is 1. The van der Waals surface area contributed by atoms with E-state index in [0.29, 0.717) is 10.6 Å². The molecule has 2 aromatic heterocycles. The highest BCUT2D eigenvalue weighted by molar-refractivity contribution is 7.71. The van der Waals surface area contributed by atoms with Gasteiger partial charge in [-0.1, -0.05) is 18.2 Å². The Balaban J connectivity index is 2.13. The normalized spacial score (nSPS) is 11.1. The van der Waals surface area contributed by atoms with Crippen molar-refractivity contribution in [1.29, 1.82) is 0 Å². The van der Waals surface area contributed by atoms with Crippen molar-refractivity contribution in [3.63, 3.8) is 0 Å². The Labute approximate surface area is 149 Å². The van der Waals surface area contributed by atoms with Gasteiger partial charge in [-0.15, -0.1) is 0 Å². The molecule has 3 N–H and O–H groups in total. The molecule has 4 aromatic rings. The minimum atomic E-state index is 0.373. The maximum atomic E-state index is 6.09. The fourth-order valence-electron chi connectivity index (χ4n) is 3.20. The first-order valence-electron chi connectivity index (χ1n) is 7.79. The first kappa shape index (κ1) is 15.5. The van der Waals surface area contributed by atoms with Crippen LogP contribution in [0.25, 0.3) is 28.0 Å². The van der Waals surface area contributed by atoms with E-state index in [1.165, 1.54) is 4.68 Å². The molecule has 0 unspecified atom stereocenters. The van der Waals surface area contributed by atoms with Crippen LogP contribution in [0.15, 0.2) is 48.5 Å². The van der Waals surface area contributed by atoms with Crippen LogP contribution in [0, 0.1) is 11.7 Å². The third-order valence-electron chi connectivity index (χ3n) is 4.35. The van der Waals surface area contributed by atoms with Crippen LogP contribution in [0.2, 0.25) is 0 Å². The van der Waals surface area contributed by atoms with Crippen LogP contribution < -0.4 is 10.6 Å². The number of nitrogens with two attached hydrogens (primary N) is 1. The summed E-state index contributed by atoms with van der Waals surface area (Å²) in [6.45, 7) is 2.05. The Morgan fingerprint density at radius 3 is 2.56 bits per heavy atom. The van der Waals surface area contributed by atoms with E-state index >= 15 is 0 Å². The van der Waals surface area contributed by atoms with Crippen molar-refractivity contribution in [2.45, 2.75) is 6.92 Å². The van der Waals surface area contributed by atoms with Gasteiger partial charge in [-0.2, -0.15) is 5.10 Å². The number of para-hydroxylation sites is 1. The smallest absolute Gasteiger partial charge is 0.214 e. The summed E-state index contributed by atoms with van der Waals surface area (Å²) in [5.74, 6) is 7.46. The molecule has 25 heavy (non-hydrogen) atoms. The summed E-state index contributed by atoms with van der Waals surface area (Å²) in [6, 6.07) is 16.2. The molecule has 0 saturated heterocycles. The molecular formula is C18H17N5OS. The molecule has 0 aliphatic rings. The van der Waals surface area contributed by atoms with Crippen LogP contribution in [0.4, 0.5) is 0 Å². The van der Waals surface area contributed by atoms with Gasteiger partial charge < -0.3 is 15.1 Å². The van der Waals surface area contributed by atoms with Gasteiger partial charge in [0.25, 0.3) is 0 Å². The molecule has 0 amide bonds. The Bertz CT molecular complexity index is 1120. The number of aromatic amines is 1. The van der Waals surface area contributed by atoms with Crippen molar-refractivity contribution in [3.05, 3.63) is 59.0 Å². The van der Waals surface area contributed by atoms with E-state index < -0.39 is 0 Å². The highest BCUT2D eigenvalue weighted by Crippen LogP contribution is 2.37. The summed E-state index contributed by atoms with van der Waals surface area (Å²) in [5.41, 5.74) is 4.07. The summed E-state index contributed by atoms with van der Waals surface area (Å²) >= 11 is 5.18. The van der Waals surface area contributed by atoms with Crippen LogP contribution in [0.3, 0.4) is 0 Å². The lowest BCUT2D eigenvalue weighted by molar-refractivity contribution is 0.415. The standard InChI is InChI=1S/C18H17N5OS/c1-11-16(17-20-21-18(25)23(17)19)14-10-13(24-2)8-9-15(14)22(11)12-6-4-3-5-7-12/h3-10H,19H2,1-2H3,(H,21,25). The first-order chi connectivity index (χ1) is 12.1. The fraction of sp³-hybridized carbons (Fsp3) is 0.111. The van der Waals surface area contributed by atoms with Gasteiger partial charge in [-0.25, -0.2) is 9.77 Å². The van der Waals surface area contributed by atoms with Crippen molar-refractivity contribution in [2.75, 3.05) is 13.0 Å². The molecule has 2 aromatic carbocycles. The number of ether oxygens (including phenoxy) is 1. The predicted molar refractivity (Wildman–Crippen MR) is 101 cm³/mol. The SMILES string of the molecule is COc1ccc2c(c1)c(-c1n[nH]c(=S)n1N)c(C)n2-c1ccccc1. The predicted octanol–water partition coefficient (Wildman–Crippen LogP) is 3.58. The number of rotatable bonds is 3. The zero-order valence-corrected chi connectivity index (χ0v) is 14.7. The third-order valence-corrected chi connectivity index (χ3v) is 4.64. The molecular weight excluding hydrogens is 334 g/mol. The molecule has 0 atom stereocenters. The molecule has 126 valence electrons. The summed E-state index contributed by atoms with van der Waals surface area (Å²) < 4.78 is 9.36. The van der Waals surface area contributed by atoms with Gasteiger partial charge in [0.2, 0.25) is 4.77 Å². The number of nitrogen functional groups attached to an aromatic ring is 1. The lowest BCUT2D eigenvalue weighted by Gasteiger charge is -2.08.